The van der Waals surface area contributed by atoms with Gasteiger partial charge in [-0.05, 0) is 38.8 Å². The van der Waals surface area contributed by atoms with Gasteiger partial charge in [-0.15, -0.1) is 0 Å². The van der Waals surface area contributed by atoms with Crippen LogP contribution in [0, 0.1) is 20.8 Å². The molecule has 0 fully saturated rings. The molecular formula is C17H24N4O. The van der Waals surface area contributed by atoms with Gasteiger partial charge >= 0.3 is 0 Å². The second kappa shape index (κ2) is 7.64. The number of benzene rings is 1. The summed E-state index contributed by atoms with van der Waals surface area (Å²) in [4.78, 5) is 8.98. The molecule has 5 heteroatoms. The van der Waals surface area contributed by atoms with E-state index in [1.807, 2.05) is 32.9 Å². The Morgan fingerprint density at radius 1 is 1.18 bits per heavy atom. The first-order chi connectivity index (χ1) is 10.6. The van der Waals surface area contributed by atoms with Crippen molar-refractivity contribution >= 4 is 5.96 Å². The highest BCUT2D eigenvalue weighted by atomic mass is 16.4. The van der Waals surface area contributed by atoms with Crippen molar-refractivity contribution < 1.29 is 4.42 Å². The highest BCUT2D eigenvalue weighted by Crippen LogP contribution is 2.09. The van der Waals surface area contributed by atoms with Crippen molar-refractivity contribution in [2.45, 2.75) is 40.8 Å². The number of aliphatic imine (C=N–C) groups is 1. The van der Waals surface area contributed by atoms with Crippen LogP contribution in [0.15, 0.2) is 33.7 Å². The second-order valence-corrected chi connectivity index (χ2v) is 5.22. The molecule has 1 heterocycles. The third-order valence-corrected chi connectivity index (χ3v) is 3.49. The van der Waals surface area contributed by atoms with Crippen LogP contribution in [0.3, 0.4) is 0 Å². The number of rotatable bonds is 5. The van der Waals surface area contributed by atoms with E-state index in [9.17, 15) is 0 Å². The minimum atomic E-state index is 0.522. The van der Waals surface area contributed by atoms with E-state index in [0.717, 1.165) is 24.0 Å². The SMILES string of the molecule is CCNC(=NCc1ccccc1C)NCc1nc(C)c(C)o1. The Morgan fingerprint density at radius 3 is 2.59 bits per heavy atom. The Balaban J connectivity index is 1.99. The summed E-state index contributed by atoms with van der Waals surface area (Å²) in [6.07, 6.45) is 0. The van der Waals surface area contributed by atoms with E-state index in [2.05, 4.69) is 39.7 Å². The monoisotopic (exact) mass is 300 g/mol. The van der Waals surface area contributed by atoms with Crippen LogP contribution in [0.2, 0.25) is 0 Å². The zero-order valence-corrected chi connectivity index (χ0v) is 13.7. The second-order valence-electron chi connectivity index (χ2n) is 5.22. The average molecular weight is 300 g/mol. The molecule has 1 aromatic heterocycles. The smallest absolute Gasteiger partial charge is 0.214 e. The third-order valence-electron chi connectivity index (χ3n) is 3.49. The molecule has 0 aliphatic carbocycles. The van der Waals surface area contributed by atoms with Gasteiger partial charge in [-0.2, -0.15) is 0 Å². The minimum Gasteiger partial charge on any atom is -0.444 e. The van der Waals surface area contributed by atoms with Gasteiger partial charge in [0.1, 0.15) is 5.76 Å². The molecule has 0 radical (unpaired) electrons. The molecule has 0 aliphatic rings. The topological polar surface area (TPSA) is 62.5 Å². The predicted octanol–water partition coefficient (Wildman–Crippen LogP) is 2.86. The molecule has 5 nitrogen and oxygen atoms in total. The maximum absolute atomic E-state index is 5.57. The molecule has 0 aliphatic heterocycles. The summed E-state index contributed by atoms with van der Waals surface area (Å²) in [6.45, 7) is 9.99. The Bertz CT molecular complexity index is 626. The van der Waals surface area contributed by atoms with Gasteiger partial charge in [0.25, 0.3) is 0 Å². The van der Waals surface area contributed by atoms with E-state index in [1.54, 1.807) is 0 Å². The Hall–Kier alpha value is -2.30. The first-order valence-electron chi connectivity index (χ1n) is 7.59. The molecule has 2 N–H and O–H groups in total. The minimum absolute atomic E-state index is 0.522. The summed E-state index contributed by atoms with van der Waals surface area (Å²) in [5.41, 5.74) is 3.40. The summed E-state index contributed by atoms with van der Waals surface area (Å²) in [6, 6.07) is 8.28. The Morgan fingerprint density at radius 2 is 1.95 bits per heavy atom. The number of nitrogens with zero attached hydrogens (tertiary/aromatic N) is 2. The van der Waals surface area contributed by atoms with Gasteiger partial charge in [0.15, 0.2) is 5.96 Å². The van der Waals surface area contributed by atoms with E-state index >= 15 is 0 Å². The van der Waals surface area contributed by atoms with Crippen LogP contribution < -0.4 is 10.6 Å². The number of aryl methyl sites for hydroxylation is 3. The number of nitrogens with one attached hydrogen (secondary N) is 2. The highest BCUT2D eigenvalue weighted by Gasteiger charge is 2.06. The zero-order chi connectivity index (χ0) is 15.9. The van der Waals surface area contributed by atoms with Crippen molar-refractivity contribution in [2.75, 3.05) is 6.54 Å². The maximum atomic E-state index is 5.57. The van der Waals surface area contributed by atoms with Gasteiger partial charge in [0.2, 0.25) is 5.89 Å². The van der Waals surface area contributed by atoms with Crippen molar-refractivity contribution in [3.8, 4) is 0 Å². The predicted molar refractivity (Wildman–Crippen MR) is 88.8 cm³/mol. The van der Waals surface area contributed by atoms with Crippen molar-refractivity contribution in [3.63, 3.8) is 0 Å². The molecule has 0 saturated heterocycles. The summed E-state index contributed by atoms with van der Waals surface area (Å²) in [5.74, 6) is 2.30. The fourth-order valence-corrected chi connectivity index (χ4v) is 2.07. The van der Waals surface area contributed by atoms with E-state index in [0.29, 0.717) is 19.0 Å². The summed E-state index contributed by atoms with van der Waals surface area (Å²) >= 11 is 0. The van der Waals surface area contributed by atoms with Crippen molar-refractivity contribution in [1.82, 2.24) is 15.6 Å². The third kappa shape index (κ3) is 4.35. The van der Waals surface area contributed by atoms with E-state index in [1.165, 1.54) is 11.1 Å². The highest BCUT2D eigenvalue weighted by molar-refractivity contribution is 5.79. The van der Waals surface area contributed by atoms with Gasteiger partial charge in [-0.25, -0.2) is 9.98 Å². The quantitative estimate of drug-likeness (QED) is 0.658. The van der Waals surface area contributed by atoms with Crippen LogP contribution in [-0.2, 0) is 13.1 Å². The Labute approximate surface area is 131 Å². The molecule has 0 atom stereocenters. The van der Waals surface area contributed by atoms with Crippen LogP contribution in [0.25, 0.3) is 0 Å². The number of hydrogen-bond donors (Lipinski definition) is 2. The van der Waals surface area contributed by atoms with Crippen LogP contribution in [0.4, 0.5) is 0 Å². The molecule has 22 heavy (non-hydrogen) atoms. The van der Waals surface area contributed by atoms with Crippen molar-refractivity contribution in [2.24, 2.45) is 4.99 Å². The fraction of sp³-hybridized carbons (Fsp3) is 0.412. The number of hydrogen-bond acceptors (Lipinski definition) is 3. The number of guanidine groups is 1. The summed E-state index contributed by atoms with van der Waals surface area (Å²) < 4.78 is 5.57. The molecule has 0 bridgehead atoms. The van der Waals surface area contributed by atoms with Crippen LogP contribution >= 0.6 is 0 Å². The standard InChI is InChI=1S/C17H24N4O/c1-5-18-17(19-10-15-9-7-6-8-12(15)2)20-11-16-21-13(3)14(4)22-16/h6-9H,5,10-11H2,1-4H3,(H2,18,19,20). The van der Waals surface area contributed by atoms with Gasteiger partial charge in [0.05, 0.1) is 18.8 Å². The molecule has 2 rings (SSSR count). The van der Waals surface area contributed by atoms with Gasteiger partial charge < -0.3 is 15.1 Å². The first-order valence-corrected chi connectivity index (χ1v) is 7.59. The first kappa shape index (κ1) is 16.1. The van der Waals surface area contributed by atoms with Crippen LogP contribution in [0.5, 0.6) is 0 Å². The molecule has 2 aromatic rings. The molecule has 0 saturated carbocycles. The zero-order valence-electron chi connectivity index (χ0n) is 13.7. The lowest BCUT2D eigenvalue weighted by atomic mass is 10.1. The van der Waals surface area contributed by atoms with Crippen LogP contribution in [0.1, 0.15) is 35.4 Å². The number of aromatic nitrogens is 1. The maximum Gasteiger partial charge on any atom is 0.214 e. The molecular weight excluding hydrogens is 276 g/mol. The Kier molecular flexibility index (Phi) is 5.58. The molecule has 1 aromatic carbocycles. The van der Waals surface area contributed by atoms with Crippen molar-refractivity contribution in [1.29, 1.82) is 0 Å². The number of oxazole rings is 1. The fourth-order valence-electron chi connectivity index (χ4n) is 2.07. The van der Waals surface area contributed by atoms with E-state index in [4.69, 9.17) is 4.42 Å². The van der Waals surface area contributed by atoms with E-state index in [-0.39, 0.29) is 0 Å². The van der Waals surface area contributed by atoms with Gasteiger partial charge in [-0.3, -0.25) is 0 Å². The normalized spacial score (nSPS) is 11.5. The van der Waals surface area contributed by atoms with Gasteiger partial charge in [0, 0.05) is 6.54 Å². The lowest BCUT2D eigenvalue weighted by molar-refractivity contribution is 0.463. The molecule has 118 valence electrons. The van der Waals surface area contributed by atoms with Crippen LogP contribution in [-0.4, -0.2) is 17.5 Å². The lowest BCUT2D eigenvalue weighted by Crippen LogP contribution is -2.36. The lowest BCUT2D eigenvalue weighted by Gasteiger charge is -2.10. The largest absolute Gasteiger partial charge is 0.444 e. The average Bonchev–Trinajstić information content (AvgIpc) is 2.82. The molecule has 0 unspecified atom stereocenters. The summed E-state index contributed by atoms with van der Waals surface area (Å²) in [7, 11) is 0. The van der Waals surface area contributed by atoms with Crippen molar-refractivity contribution in [3.05, 3.63) is 52.7 Å². The summed E-state index contributed by atoms with van der Waals surface area (Å²) in [5, 5.41) is 6.48. The molecule has 0 amide bonds. The van der Waals surface area contributed by atoms with E-state index < -0.39 is 0 Å². The molecule has 0 spiro atoms. The van der Waals surface area contributed by atoms with Gasteiger partial charge in [-0.1, -0.05) is 24.3 Å².